The van der Waals surface area contributed by atoms with E-state index in [1.807, 2.05) is 0 Å². The second kappa shape index (κ2) is 1.93. The molecule has 0 aliphatic carbocycles. The van der Waals surface area contributed by atoms with E-state index < -0.39 is 0 Å². The molecule has 0 bridgehead atoms. The molecule has 0 rings (SSSR count). The first-order valence-electron chi connectivity index (χ1n) is 0.632. The highest BCUT2D eigenvalue weighted by Gasteiger charge is 1.38. The molecule has 0 saturated carbocycles. The molecule has 0 radical (unpaired) electrons. The number of thiocarbonyl (C=S) groups is 1. The molecule has 0 atom stereocenters. The first kappa shape index (κ1) is 4.66. The largest absolute Gasteiger partial charge is 0.422 e. The lowest BCUT2D eigenvalue weighted by Gasteiger charge is -1.80. The van der Waals surface area contributed by atoms with Crippen LogP contribution in [-0.2, 0) is 12.6 Å². The van der Waals surface area contributed by atoms with E-state index in [0.29, 0.717) is 0 Å². The van der Waals surface area contributed by atoms with E-state index >= 15 is 0 Å². The van der Waals surface area contributed by atoms with E-state index in [1.54, 1.807) is 0 Å². The molecule has 0 aliphatic heterocycles. The Bertz CT molecular complexity index is 26.3. The van der Waals surface area contributed by atoms with E-state index in [4.69, 9.17) is 0 Å². The molecule has 3 heteroatoms. The predicted molar refractivity (Wildman–Crippen MR) is 28.9 cm³/mol. The van der Waals surface area contributed by atoms with Gasteiger partial charge in [0, 0.05) is 0 Å². The van der Waals surface area contributed by atoms with Crippen LogP contribution in [0.15, 0.2) is 0 Å². The molecule has 24 valence electrons. The second-order valence-electron chi connectivity index (χ2n) is 0.266. The van der Waals surface area contributed by atoms with Crippen molar-refractivity contribution in [3.63, 3.8) is 0 Å². The van der Waals surface area contributed by atoms with Crippen LogP contribution < -0.4 is 0 Å². The minimum atomic E-state index is 0.278. The lowest BCUT2D eigenvalue weighted by molar-refractivity contribution is 4.24. The molecule has 0 spiro atoms. The maximum atomic E-state index is 4.22. The monoisotopic (exact) mass is 109 g/mol. The van der Waals surface area contributed by atoms with E-state index in [0.717, 1.165) is 0 Å². The Kier molecular flexibility index (Phi) is 2.25. The van der Waals surface area contributed by atoms with Crippen molar-refractivity contribution < 1.29 is 0 Å². The van der Waals surface area contributed by atoms with Gasteiger partial charge in [-0.15, -0.1) is 0 Å². The summed E-state index contributed by atoms with van der Waals surface area (Å²) in [6.45, 7) is 0. The van der Waals surface area contributed by atoms with Gasteiger partial charge in [-0.2, -0.15) is 12.6 Å². The zero-order chi connectivity index (χ0) is 3.58. The van der Waals surface area contributed by atoms with E-state index in [9.17, 15) is 0 Å². The number of hydrogen-bond acceptors (Lipinski definition) is 2. The van der Waals surface area contributed by atoms with Gasteiger partial charge in [-0.1, -0.05) is 3.53 Å². The zero-order valence-corrected chi connectivity index (χ0v) is 4.29. The summed E-state index contributed by atoms with van der Waals surface area (Å²) in [5.74, 6) is 0. The molecular weight excluding hydrogens is 108 g/mol. The second-order valence-corrected chi connectivity index (χ2v) is 2.39. The molecule has 0 heterocycles. The molecule has 0 unspecified atom stereocenters. The predicted octanol–water partition coefficient (Wildman–Crippen LogP) is 0.748. The summed E-state index contributed by atoms with van der Waals surface area (Å²) in [7, 11) is 0. The van der Waals surface area contributed by atoms with Crippen LogP contribution in [0.25, 0.3) is 0 Å². The summed E-state index contributed by atoms with van der Waals surface area (Å²) in [4.78, 5) is 0. The van der Waals surface area contributed by atoms with Crippen LogP contribution in [0.1, 0.15) is 0 Å². The molecule has 0 N–H and O–H groups in total. The molecule has 0 aliphatic rings. The Labute approximate surface area is 41.4 Å². The summed E-state index contributed by atoms with van der Waals surface area (Å²) in [6.07, 6.45) is 0. The molecule has 0 aromatic heterocycles. The van der Waals surface area contributed by atoms with Gasteiger partial charge in [-0.25, -0.2) is 0 Å². The standard InChI is InChI=1S/CH2S3/c2-1(3)4/h(H2,2,3,4)/p-1. The van der Waals surface area contributed by atoms with Crippen LogP contribution >= 0.6 is 24.8 Å². The lowest BCUT2D eigenvalue weighted by Crippen LogP contribution is -1.58. The van der Waals surface area contributed by atoms with Crippen molar-refractivity contribution >= 4 is 41.0 Å². The van der Waals surface area contributed by atoms with E-state index in [1.165, 1.54) is 0 Å². The fourth-order valence-electron chi connectivity index (χ4n) is 0. The van der Waals surface area contributed by atoms with Crippen molar-refractivity contribution in [1.29, 1.82) is 0 Å². The highest BCUT2D eigenvalue weighted by molar-refractivity contribution is 8.28. The molecule has 0 aromatic carbocycles. The van der Waals surface area contributed by atoms with Crippen molar-refractivity contribution in [1.82, 2.24) is 0 Å². The van der Waals surface area contributed by atoms with Crippen LogP contribution in [0.3, 0.4) is 0 Å². The molecule has 4 heavy (non-hydrogen) atoms. The van der Waals surface area contributed by atoms with Gasteiger partial charge in [0.15, 0.2) is 0 Å². The Morgan fingerprint density at radius 2 is 2.00 bits per heavy atom. The molecule has 0 saturated heterocycles. The SMILES string of the molecule is S=C([S-])S. The fraction of sp³-hybridized carbons (Fsp3) is 0. The smallest absolute Gasteiger partial charge is 0.0972 e. The van der Waals surface area contributed by atoms with Gasteiger partial charge in [0.25, 0.3) is 0 Å². The van der Waals surface area contributed by atoms with Gasteiger partial charge < -0.3 is 24.8 Å². The van der Waals surface area contributed by atoms with Gasteiger partial charge in [0.1, 0.15) is 0 Å². The number of rotatable bonds is 0. The van der Waals surface area contributed by atoms with E-state index in [2.05, 4.69) is 37.5 Å². The van der Waals surface area contributed by atoms with Gasteiger partial charge in [-0.3, -0.25) is 0 Å². The van der Waals surface area contributed by atoms with Gasteiger partial charge >= 0.3 is 0 Å². The zero-order valence-electron chi connectivity index (χ0n) is 1.76. The normalized spacial score (nSPS) is 6.25. The quantitative estimate of drug-likeness (QED) is 0.277. The molecule has 0 aromatic rings. The number of thiol groups is 1. The van der Waals surface area contributed by atoms with Crippen molar-refractivity contribution in [2.75, 3.05) is 0 Å². The average Bonchev–Trinajstić information content (AvgIpc) is 0.811. The summed E-state index contributed by atoms with van der Waals surface area (Å²) in [5, 5.41) is 0. The van der Waals surface area contributed by atoms with Gasteiger partial charge in [0.05, 0.1) is 0 Å². The molecule has 0 fully saturated rings. The molecular formula is CHS3-. The van der Waals surface area contributed by atoms with E-state index in [-0.39, 0.29) is 3.53 Å². The Hall–Kier alpha value is 0.660. The lowest BCUT2D eigenvalue weighted by atomic mass is 11.9. The Morgan fingerprint density at radius 3 is 2.00 bits per heavy atom. The third-order valence-corrected chi connectivity index (χ3v) is 0. The fourth-order valence-corrected chi connectivity index (χ4v) is 0. The van der Waals surface area contributed by atoms with Crippen LogP contribution in [0.5, 0.6) is 0 Å². The highest BCUT2D eigenvalue weighted by Crippen LogP contribution is 1.71. The first-order valence-corrected chi connectivity index (χ1v) is 1.90. The minimum absolute atomic E-state index is 0.278. The summed E-state index contributed by atoms with van der Waals surface area (Å²) in [6, 6.07) is 0. The third kappa shape index (κ3) is 16.8. The summed E-state index contributed by atoms with van der Waals surface area (Å²) in [5.41, 5.74) is 0. The first-order chi connectivity index (χ1) is 1.73. The number of hydrogen-bond donors (Lipinski definition) is 1. The van der Waals surface area contributed by atoms with Crippen LogP contribution in [0.2, 0.25) is 0 Å². The van der Waals surface area contributed by atoms with Crippen molar-refractivity contribution in [2.45, 2.75) is 0 Å². The summed E-state index contributed by atoms with van der Waals surface area (Å²) >= 11 is 11.9. The maximum absolute atomic E-state index is 4.22. The molecule has 0 amide bonds. The van der Waals surface area contributed by atoms with Crippen molar-refractivity contribution in [2.24, 2.45) is 0 Å². The van der Waals surface area contributed by atoms with Crippen molar-refractivity contribution in [3.05, 3.63) is 0 Å². The highest BCUT2D eigenvalue weighted by atomic mass is 32.2. The summed E-state index contributed by atoms with van der Waals surface area (Å²) < 4.78 is 0.278. The molecule has 0 nitrogen and oxygen atoms in total. The Balaban J connectivity index is 2.80. The third-order valence-electron chi connectivity index (χ3n) is 0. The minimum Gasteiger partial charge on any atom is -0.422 e. The topological polar surface area (TPSA) is 0 Å². The van der Waals surface area contributed by atoms with Gasteiger partial charge in [0.2, 0.25) is 0 Å². The van der Waals surface area contributed by atoms with Crippen LogP contribution in [-0.4, -0.2) is 3.53 Å². The average molecular weight is 109 g/mol. The Morgan fingerprint density at radius 1 is 2.00 bits per heavy atom. The van der Waals surface area contributed by atoms with Gasteiger partial charge in [-0.05, 0) is 0 Å². The maximum Gasteiger partial charge on any atom is -0.0972 e. The van der Waals surface area contributed by atoms with Crippen LogP contribution in [0, 0.1) is 0 Å². The van der Waals surface area contributed by atoms with Crippen LogP contribution in [0.4, 0.5) is 0 Å². The van der Waals surface area contributed by atoms with Crippen molar-refractivity contribution in [3.8, 4) is 0 Å².